The molecule has 1 heterocycles. The SMILES string of the molecule is Cc1cc2oc(-c3ccccc3)c(OCc3ccccc3Cl)c(=O)c2cc1Cl. The third kappa shape index (κ3) is 3.51. The molecule has 5 heteroatoms. The number of benzene rings is 3. The normalized spacial score (nSPS) is 11.0. The Labute approximate surface area is 172 Å². The molecule has 0 saturated carbocycles. The fourth-order valence-corrected chi connectivity index (χ4v) is 3.33. The van der Waals surface area contributed by atoms with Gasteiger partial charge in [-0.1, -0.05) is 71.7 Å². The lowest BCUT2D eigenvalue weighted by atomic mass is 10.1. The molecule has 0 aliphatic rings. The van der Waals surface area contributed by atoms with Crippen LogP contribution in [0, 0.1) is 6.92 Å². The molecule has 0 saturated heterocycles. The molecule has 4 aromatic rings. The standard InChI is InChI=1S/C23H16Cl2O3/c1-14-11-20-17(12-19(14)25)21(26)23(22(28-20)15-7-3-2-4-8-15)27-13-16-9-5-6-10-18(16)24/h2-12H,13H2,1H3. The van der Waals surface area contributed by atoms with Crippen molar-refractivity contribution < 1.29 is 9.15 Å². The van der Waals surface area contributed by atoms with Crippen LogP contribution in [0.1, 0.15) is 11.1 Å². The van der Waals surface area contributed by atoms with E-state index in [1.165, 1.54) is 0 Å². The van der Waals surface area contributed by atoms with Gasteiger partial charge in [0.2, 0.25) is 11.2 Å². The van der Waals surface area contributed by atoms with Crippen LogP contribution >= 0.6 is 23.2 Å². The van der Waals surface area contributed by atoms with E-state index in [1.807, 2.05) is 55.5 Å². The number of hydrogen-bond donors (Lipinski definition) is 0. The average Bonchev–Trinajstić information content (AvgIpc) is 2.70. The van der Waals surface area contributed by atoms with Gasteiger partial charge >= 0.3 is 0 Å². The minimum absolute atomic E-state index is 0.138. The van der Waals surface area contributed by atoms with Gasteiger partial charge in [-0.05, 0) is 30.7 Å². The first-order valence-corrected chi connectivity index (χ1v) is 9.49. The molecule has 0 spiro atoms. The third-order valence-corrected chi connectivity index (χ3v) is 5.27. The number of halogens is 2. The van der Waals surface area contributed by atoms with E-state index in [-0.39, 0.29) is 17.8 Å². The summed E-state index contributed by atoms with van der Waals surface area (Å²) in [6.07, 6.45) is 0. The Balaban J connectivity index is 1.89. The minimum Gasteiger partial charge on any atom is -0.481 e. The van der Waals surface area contributed by atoms with Crippen molar-refractivity contribution in [2.24, 2.45) is 0 Å². The minimum atomic E-state index is -0.269. The summed E-state index contributed by atoms with van der Waals surface area (Å²) in [5.74, 6) is 0.519. The number of hydrogen-bond acceptors (Lipinski definition) is 3. The van der Waals surface area contributed by atoms with Gasteiger partial charge in [0.25, 0.3) is 0 Å². The summed E-state index contributed by atoms with van der Waals surface area (Å²) < 4.78 is 12.0. The molecule has 3 nitrogen and oxygen atoms in total. The topological polar surface area (TPSA) is 39.4 Å². The van der Waals surface area contributed by atoms with Gasteiger partial charge in [-0.2, -0.15) is 0 Å². The molecular weight excluding hydrogens is 395 g/mol. The van der Waals surface area contributed by atoms with Crippen LogP contribution in [-0.4, -0.2) is 0 Å². The first kappa shape index (κ1) is 18.6. The number of rotatable bonds is 4. The second kappa shape index (κ2) is 7.70. The van der Waals surface area contributed by atoms with Crippen molar-refractivity contribution in [2.45, 2.75) is 13.5 Å². The van der Waals surface area contributed by atoms with Crippen LogP contribution in [0.25, 0.3) is 22.3 Å². The summed E-state index contributed by atoms with van der Waals surface area (Å²) in [5, 5.41) is 1.46. The van der Waals surface area contributed by atoms with Crippen LogP contribution in [0.5, 0.6) is 5.75 Å². The second-order valence-corrected chi connectivity index (χ2v) is 7.25. The average molecular weight is 411 g/mol. The molecule has 1 aromatic heterocycles. The monoisotopic (exact) mass is 410 g/mol. The van der Waals surface area contributed by atoms with Gasteiger partial charge in [0.05, 0.1) is 5.39 Å². The van der Waals surface area contributed by atoms with E-state index in [9.17, 15) is 4.79 Å². The fraction of sp³-hybridized carbons (Fsp3) is 0.0870. The third-order valence-electron chi connectivity index (χ3n) is 4.50. The van der Waals surface area contributed by atoms with E-state index in [0.717, 1.165) is 16.7 Å². The number of fused-ring (bicyclic) bond motifs is 1. The van der Waals surface area contributed by atoms with E-state index in [1.54, 1.807) is 18.2 Å². The van der Waals surface area contributed by atoms with Crippen LogP contribution in [0.4, 0.5) is 0 Å². The largest absolute Gasteiger partial charge is 0.481 e. The van der Waals surface area contributed by atoms with Crippen LogP contribution in [0.3, 0.4) is 0 Å². The molecule has 0 atom stereocenters. The van der Waals surface area contributed by atoms with E-state index < -0.39 is 0 Å². The Bertz CT molecular complexity index is 1210. The van der Waals surface area contributed by atoms with Gasteiger partial charge in [-0.25, -0.2) is 0 Å². The molecule has 0 bridgehead atoms. The fourth-order valence-electron chi connectivity index (χ4n) is 2.97. The van der Waals surface area contributed by atoms with Gasteiger partial charge in [-0.3, -0.25) is 4.79 Å². The Hall–Kier alpha value is -2.75. The highest BCUT2D eigenvalue weighted by atomic mass is 35.5. The number of ether oxygens (including phenoxy) is 1. The van der Waals surface area contributed by atoms with Crippen molar-refractivity contribution in [2.75, 3.05) is 0 Å². The summed E-state index contributed by atoms with van der Waals surface area (Å²) >= 11 is 12.4. The summed E-state index contributed by atoms with van der Waals surface area (Å²) in [7, 11) is 0. The van der Waals surface area contributed by atoms with Gasteiger partial charge < -0.3 is 9.15 Å². The lowest BCUT2D eigenvalue weighted by molar-refractivity contribution is 0.298. The summed E-state index contributed by atoms with van der Waals surface area (Å²) in [6, 6.07) is 20.1. The number of aryl methyl sites for hydroxylation is 1. The van der Waals surface area contributed by atoms with E-state index in [0.29, 0.717) is 26.8 Å². The summed E-state index contributed by atoms with van der Waals surface area (Å²) in [6.45, 7) is 2.02. The molecule has 140 valence electrons. The Morgan fingerprint density at radius 1 is 0.929 bits per heavy atom. The molecule has 4 rings (SSSR count). The molecule has 28 heavy (non-hydrogen) atoms. The maximum absolute atomic E-state index is 13.2. The maximum atomic E-state index is 13.2. The van der Waals surface area contributed by atoms with Crippen molar-refractivity contribution in [3.05, 3.63) is 98.1 Å². The van der Waals surface area contributed by atoms with Crippen molar-refractivity contribution >= 4 is 34.2 Å². The highest BCUT2D eigenvalue weighted by Crippen LogP contribution is 2.33. The lowest BCUT2D eigenvalue weighted by Gasteiger charge is -2.13. The predicted octanol–water partition coefficient (Wildman–Crippen LogP) is 6.65. The molecule has 0 aliphatic heterocycles. The Morgan fingerprint density at radius 3 is 2.39 bits per heavy atom. The molecule has 0 fully saturated rings. The van der Waals surface area contributed by atoms with Crippen molar-refractivity contribution in [1.29, 1.82) is 0 Å². The van der Waals surface area contributed by atoms with E-state index in [2.05, 4.69) is 0 Å². The molecule has 3 aromatic carbocycles. The zero-order valence-electron chi connectivity index (χ0n) is 15.0. The summed E-state index contributed by atoms with van der Waals surface area (Å²) in [4.78, 5) is 13.2. The molecule has 0 aliphatic carbocycles. The van der Waals surface area contributed by atoms with Crippen LogP contribution < -0.4 is 10.2 Å². The smallest absolute Gasteiger partial charge is 0.235 e. The van der Waals surface area contributed by atoms with Crippen LogP contribution in [-0.2, 0) is 6.61 Å². The molecule has 0 radical (unpaired) electrons. The van der Waals surface area contributed by atoms with E-state index in [4.69, 9.17) is 32.4 Å². The van der Waals surface area contributed by atoms with Gasteiger partial charge in [0.1, 0.15) is 12.2 Å². The van der Waals surface area contributed by atoms with Gasteiger partial charge in [0.15, 0.2) is 5.76 Å². The van der Waals surface area contributed by atoms with Crippen LogP contribution in [0.2, 0.25) is 10.0 Å². The quantitative estimate of drug-likeness (QED) is 0.377. The van der Waals surface area contributed by atoms with E-state index >= 15 is 0 Å². The Kier molecular flexibility index (Phi) is 5.12. The zero-order valence-corrected chi connectivity index (χ0v) is 16.6. The van der Waals surface area contributed by atoms with Crippen molar-refractivity contribution in [3.8, 4) is 17.1 Å². The lowest BCUT2D eigenvalue weighted by Crippen LogP contribution is -2.10. The highest BCUT2D eigenvalue weighted by molar-refractivity contribution is 6.32. The van der Waals surface area contributed by atoms with Crippen molar-refractivity contribution in [3.63, 3.8) is 0 Å². The Morgan fingerprint density at radius 2 is 1.64 bits per heavy atom. The summed E-state index contributed by atoms with van der Waals surface area (Å²) in [5.41, 5.74) is 2.57. The maximum Gasteiger partial charge on any atom is 0.235 e. The predicted molar refractivity (Wildman–Crippen MR) is 113 cm³/mol. The zero-order chi connectivity index (χ0) is 19.7. The highest BCUT2D eigenvalue weighted by Gasteiger charge is 2.19. The van der Waals surface area contributed by atoms with Gasteiger partial charge in [-0.15, -0.1) is 0 Å². The molecular formula is C23H16Cl2O3. The molecule has 0 N–H and O–H groups in total. The second-order valence-electron chi connectivity index (χ2n) is 6.43. The van der Waals surface area contributed by atoms with Crippen molar-refractivity contribution in [1.82, 2.24) is 0 Å². The first-order chi connectivity index (χ1) is 13.5. The first-order valence-electron chi connectivity index (χ1n) is 8.73. The molecule has 0 unspecified atom stereocenters. The van der Waals surface area contributed by atoms with Gasteiger partial charge in [0, 0.05) is 21.2 Å². The van der Waals surface area contributed by atoms with Crippen LogP contribution in [0.15, 0.2) is 75.9 Å². The molecule has 0 amide bonds.